The molecule has 1 heterocycles. The van der Waals surface area contributed by atoms with Gasteiger partial charge in [0.15, 0.2) is 0 Å². The van der Waals surface area contributed by atoms with E-state index < -0.39 is 0 Å². The molecular formula is C19H22FN5O. The molecule has 26 heavy (non-hydrogen) atoms. The highest BCUT2D eigenvalue weighted by Gasteiger charge is 2.20. The van der Waals surface area contributed by atoms with Crippen LogP contribution in [0.3, 0.4) is 0 Å². The van der Waals surface area contributed by atoms with Gasteiger partial charge in [0.05, 0.1) is 12.3 Å². The molecule has 1 aliphatic carbocycles. The Labute approximate surface area is 152 Å². The summed E-state index contributed by atoms with van der Waals surface area (Å²) >= 11 is 0. The summed E-state index contributed by atoms with van der Waals surface area (Å²) in [5, 5.41) is 25.3. The first kappa shape index (κ1) is 18.1. The highest BCUT2D eigenvalue weighted by atomic mass is 19.1. The van der Waals surface area contributed by atoms with Gasteiger partial charge in [0.2, 0.25) is 5.95 Å². The van der Waals surface area contributed by atoms with Crippen molar-refractivity contribution in [1.29, 1.82) is 5.26 Å². The van der Waals surface area contributed by atoms with Gasteiger partial charge in [-0.25, -0.2) is 9.37 Å². The number of anilines is 2. The van der Waals surface area contributed by atoms with Crippen molar-refractivity contribution in [2.75, 3.05) is 17.2 Å². The second-order valence-electron chi connectivity index (χ2n) is 6.52. The zero-order valence-electron chi connectivity index (χ0n) is 14.5. The maximum Gasteiger partial charge on any atom is 0.224 e. The zero-order chi connectivity index (χ0) is 18.4. The molecule has 0 radical (unpaired) electrons. The van der Waals surface area contributed by atoms with Crippen LogP contribution in [-0.2, 0) is 6.42 Å². The van der Waals surface area contributed by atoms with Crippen molar-refractivity contribution in [2.45, 2.75) is 44.2 Å². The topological polar surface area (TPSA) is 93.9 Å². The van der Waals surface area contributed by atoms with Gasteiger partial charge >= 0.3 is 0 Å². The fourth-order valence-corrected chi connectivity index (χ4v) is 3.08. The molecular weight excluding hydrogens is 333 g/mol. The first-order valence-corrected chi connectivity index (χ1v) is 8.84. The third-order valence-corrected chi connectivity index (χ3v) is 4.53. The fraction of sp³-hybridized carbons (Fsp3) is 0.421. The van der Waals surface area contributed by atoms with Crippen LogP contribution >= 0.6 is 0 Å². The largest absolute Gasteiger partial charge is 0.393 e. The Kier molecular flexibility index (Phi) is 5.97. The number of aliphatic hydroxyl groups excluding tert-OH is 1. The van der Waals surface area contributed by atoms with Gasteiger partial charge in [-0.15, -0.1) is 0 Å². The Hall–Kier alpha value is -2.72. The average Bonchev–Trinajstić information content (AvgIpc) is 2.64. The van der Waals surface area contributed by atoms with E-state index in [4.69, 9.17) is 0 Å². The van der Waals surface area contributed by atoms with E-state index in [1.54, 1.807) is 6.07 Å². The van der Waals surface area contributed by atoms with Crippen LogP contribution in [0.5, 0.6) is 0 Å². The maximum absolute atomic E-state index is 13.2. The van der Waals surface area contributed by atoms with Crippen LogP contribution in [0.15, 0.2) is 30.5 Å². The normalized spacial score (nSPS) is 19.6. The van der Waals surface area contributed by atoms with Crippen LogP contribution in [0.1, 0.15) is 36.8 Å². The molecule has 0 amide bonds. The average molecular weight is 355 g/mol. The van der Waals surface area contributed by atoms with E-state index >= 15 is 0 Å². The summed E-state index contributed by atoms with van der Waals surface area (Å²) in [7, 11) is 0. The van der Waals surface area contributed by atoms with E-state index in [-0.39, 0.29) is 18.0 Å². The third-order valence-electron chi connectivity index (χ3n) is 4.53. The second-order valence-corrected chi connectivity index (χ2v) is 6.52. The number of aliphatic hydroxyl groups is 1. The van der Waals surface area contributed by atoms with Crippen LogP contribution in [-0.4, -0.2) is 33.8 Å². The molecule has 0 aliphatic heterocycles. The van der Waals surface area contributed by atoms with Gasteiger partial charge in [-0.3, -0.25) is 0 Å². The molecule has 1 fully saturated rings. The predicted molar refractivity (Wildman–Crippen MR) is 97.2 cm³/mol. The molecule has 0 bridgehead atoms. The number of halogens is 1. The summed E-state index contributed by atoms with van der Waals surface area (Å²) in [6, 6.07) is 8.78. The third kappa shape index (κ3) is 4.90. The quantitative estimate of drug-likeness (QED) is 0.738. The van der Waals surface area contributed by atoms with Crippen LogP contribution in [0.2, 0.25) is 0 Å². The Bertz CT molecular complexity index is 784. The second kappa shape index (κ2) is 8.59. The van der Waals surface area contributed by atoms with Crippen molar-refractivity contribution in [3.63, 3.8) is 0 Å². The molecule has 0 atom stereocenters. The minimum absolute atomic E-state index is 0.195. The first-order valence-electron chi connectivity index (χ1n) is 8.84. The SMILES string of the molecule is N#Cc1cnc(NCCc2cccc(F)c2)nc1NC1CCC(O)CC1. The Balaban J connectivity index is 1.60. The lowest BCUT2D eigenvalue weighted by molar-refractivity contribution is 0.126. The minimum Gasteiger partial charge on any atom is -0.393 e. The maximum atomic E-state index is 13.2. The van der Waals surface area contributed by atoms with E-state index in [9.17, 15) is 14.8 Å². The number of hydrogen-bond acceptors (Lipinski definition) is 6. The summed E-state index contributed by atoms with van der Waals surface area (Å²) in [5.41, 5.74) is 1.29. The van der Waals surface area contributed by atoms with Crippen molar-refractivity contribution in [3.8, 4) is 6.07 Å². The minimum atomic E-state index is -0.249. The van der Waals surface area contributed by atoms with Gasteiger partial charge in [-0.05, 0) is 49.8 Å². The molecule has 1 aromatic heterocycles. The predicted octanol–water partition coefficient (Wildman–Crippen LogP) is 2.86. The summed E-state index contributed by atoms with van der Waals surface area (Å²) in [6.07, 6.45) is 5.11. The number of hydrogen-bond donors (Lipinski definition) is 3. The van der Waals surface area contributed by atoms with Crippen molar-refractivity contribution < 1.29 is 9.50 Å². The highest BCUT2D eigenvalue weighted by molar-refractivity contribution is 5.54. The lowest BCUT2D eigenvalue weighted by Gasteiger charge is -2.26. The van der Waals surface area contributed by atoms with Gasteiger partial charge < -0.3 is 15.7 Å². The van der Waals surface area contributed by atoms with Crippen LogP contribution in [0, 0.1) is 17.1 Å². The van der Waals surface area contributed by atoms with E-state index in [1.165, 1.54) is 18.3 Å². The molecule has 0 unspecified atom stereocenters. The molecule has 1 aliphatic rings. The molecule has 1 saturated carbocycles. The summed E-state index contributed by atoms with van der Waals surface area (Å²) in [4.78, 5) is 8.58. The van der Waals surface area contributed by atoms with E-state index in [0.717, 1.165) is 31.2 Å². The molecule has 0 spiro atoms. The van der Waals surface area contributed by atoms with Crippen LogP contribution < -0.4 is 10.6 Å². The van der Waals surface area contributed by atoms with Gasteiger partial charge in [-0.2, -0.15) is 10.2 Å². The number of nitriles is 1. The van der Waals surface area contributed by atoms with Crippen LogP contribution in [0.4, 0.5) is 16.2 Å². The Morgan fingerprint density at radius 3 is 2.81 bits per heavy atom. The monoisotopic (exact) mass is 355 g/mol. The number of rotatable bonds is 6. The fourth-order valence-electron chi connectivity index (χ4n) is 3.08. The Morgan fingerprint density at radius 2 is 2.08 bits per heavy atom. The van der Waals surface area contributed by atoms with E-state index in [2.05, 4.69) is 26.7 Å². The highest BCUT2D eigenvalue weighted by Crippen LogP contribution is 2.23. The van der Waals surface area contributed by atoms with E-state index in [0.29, 0.717) is 30.3 Å². The lowest BCUT2D eigenvalue weighted by atomic mass is 9.93. The van der Waals surface area contributed by atoms with Crippen molar-refractivity contribution in [1.82, 2.24) is 9.97 Å². The standard InChI is InChI=1S/C19H22FN5O/c20-15-3-1-2-13(10-15)8-9-22-19-23-12-14(11-21)18(25-19)24-16-4-6-17(26)7-5-16/h1-3,10,12,16-17,26H,4-9H2,(H2,22,23,24,25). The van der Waals surface area contributed by atoms with Crippen LogP contribution in [0.25, 0.3) is 0 Å². The lowest BCUT2D eigenvalue weighted by Crippen LogP contribution is -2.29. The number of nitrogens with zero attached hydrogens (tertiary/aromatic N) is 3. The zero-order valence-corrected chi connectivity index (χ0v) is 14.5. The molecule has 7 heteroatoms. The van der Waals surface area contributed by atoms with Gasteiger partial charge in [0.25, 0.3) is 0 Å². The summed E-state index contributed by atoms with van der Waals surface area (Å²) in [5.74, 6) is 0.692. The van der Waals surface area contributed by atoms with E-state index in [1.807, 2.05) is 6.07 Å². The molecule has 1 aromatic carbocycles. The smallest absolute Gasteiger partial charge is 0.224 e. The molecule has 2 aromatic rings. The van der Waals surface area contributed by atoms with Gasteiger partial charge in [0.1, 0.15) is 23.3 Å². The molecule has 0 saturated heterocycles. The summed E-state index contributed by atoms with van der Waals surface area (Å²) in [6.45, 7) is 0.560. The molecule has 3 N–H and O–H groups in total. The van der Waals surface area contributed by atoms with Crippen molar-refractivity contribution >= 4 is 11.8 Å². The first-order chi connectivity index (χ1) is 12.6. The Morgan fingerprint density at radius 1 is 1.27 bits per heavy atom. The number of nitrogens with one attached hydrogen (secondary N) is 2. The summed E-state index contributed by atoms with van der Waals surface area (Å²) < 4.78 is 13.2. The van der Waals surface area contributed by atoms with Crippen molar-refractivity contribution in [3.05, 3.63) is 47.4 Å². The number of aromatic nitrogens is 2. The van der Waals surface area contributed by atoms with Gasteiger partial charge in [-0.1, -0.05) is 12.1 Å². The molecule has 6 nitrogen and oxygen atoms in total. The molecule has 136 valence electrons. The van der Waals surface area contributed by atoms with Gasteiger partial charge in [0, 0.05) is 12.6 Å². The van der Waals surface area contributed by atoms with Crippen molar-refractivity contribution in [2.24, 2.45) is 0 Å². The molecule has 3 rings (SSSR count). The number of benzene rings is 1.